The Balaban J connectivity index is 1.55. The molecule has 0 saturated heterocycles. The van der Waals surface area contributed by atoms with Crippen molar-refractivity contribution < 1.29 is 9.59 Å². The van der Waals surface area contributed by atoms with Gasteiger partial charge in [0.05, 0.1) is 17.6 Å². The maximum Gasteiger partial charge on any atom is 0.259 e. The number of ketones is 1. The molecule has 1 amide bonds. The number of nitrogens with one attached hydrogen (secondary N) is 2. The van der Waals surface area contributed by atoms with E-state index in [1.807, 2.05) is 54.9 Å². The first-order chi connectivity index (χ1) is 17.5. The van der Waals surface area contributed by atoms with E-state index in [1.165, 1.54) is 6.21 Å². The fraction of sp³-hybridized carbons (Fsp3) is 0.250. The lowest BCUT2D eigenvalue weighted by molar-refractivity contribution is -0.118. The number of Topliss-reactive ketones (excluding diaryl/α,β-unsaturated/α-hetero) is 1. The Labute approximate surface area is 210 Å². The van der Waals surface area contributed by atoms with Crippen LogP contribution in [0.3, 0.4) is 0 Å². The minimum absolute atomic E-state index is 0.135. The molecule has 0 radical (unpaired) electrons. The number of aromatic nitrogens is 3. The highest BCUT2D eigenvalue weighted by molar-refractivity contribution is 6.07. The number of anilines is 2. The van der Waals surface area contributed by atoms with E-state index in [-0.39, 0.29) is 18.2 Å². The average molecular weight is 483 g/mol. The van der Waals surface area contributed by atoms with Crippen LogP contribution in [0, 0.1) is 5.41 Å². The van der Waals surface area contributed by atoms with E-state index in [2.05, 4.69) is 10.3 Å². The number of amides is 1. The van der Waals surface area contributed by atoms with E-state index in [0.29, 0.717) is 30.8 Å². The Morgan fingerprint density at radius 2 is 1.89 bits per heavy atom. The van der Waals surface area contributed by atoms with Crippen molar-refractivity contribution in [3.63, 3.8) is 0 Å². The van der Waals surface area contributed by atoms with Crippen molar-refractivity contribution >= 4 is 40.4 Å². The van der Waals surface area contributed by atoms with Crippen molar-refractivity contribution in [2.45, 2.75) is 32.7 Å². The zero-order chi connectivity index (χ0) is 25.5. The summed E-state index contributed by atoms with van der Waals surface area (Å²) in [5.74, 6) is 1.27. The molecule has 2 aromatic heterocycles. The van der Waals surface area contributed by atoms with Crippen LogP contribution in [0.5, 0.6) is 0 Å². The molecule has 0 bridgehead atoms. The van der Waals surface area contributed by atoms with Crippen LogP contribution in [0.4, 0.5) is 11.5 Å². The molecule has 0 aliphatic heterocycles. The molecule has 2 heterocycles. The summed E-state index contributed by atoms with van der Waals surface area (Å²) in [5, 5.41) is 10.7. The van der Waals surface area contributed by atoms with Crippen LogP contribution in [0.1, 0.15) is 47.9 Å². The van der Waals surface area contributed by atoms with Crippen LogP contribution in [-0.4, -0.2) is 39.0 Å². The van der Waals surface area contributed by atoms with Gasteiger partial charge in [-0.3, -0.25) is 14.5 Å². The Morgan fingerprint density at radius 1 is 1.08 bits per heavy atom. The molecular weight excluding hydrogens is 452 g/mol. The lowest BCUT2D eigenvalue weighted by atomic mass is 10.1. The van der Waals surface area contributed by atoms with Crippen LogP contribution in [0.25, 0.3) is 11.0 Å². The molecule has 4 aromatic rings. The van der Waals surface area contributed by atoms with Crippen LogP contribution in [-0.2, 0) is 18.4 Å². The molecule has 0 aliphatic carbocycles. The van der Waals surface area contributed by atoms with Crippen molar-refractivity contribution in [1.82, 2.24) is 14.5 Å². The number of imidazole rings is 1. The number of pyridine rings is 1. The zero-order valence-corrected chi connectivity index (χ0v) is 20.6. The normalized spacial score (nSPS) is 10.8. The Bertz CT molecular complexity index is 1360. The second-order valence-corrected chi connectivity index (χ2v) is 8.59. The summed E-state index contributed by atoms with van der Waals surface area (Å²) < 4.78 is 2.00. The number of aryl methyl sites for hydroxylation is 1. The molecule has 184 valence electrons. The predicted octanol–water partition coefficient (Wildman–Crippen LogP) is 4.98. The number of carbonyl (C=O) groups excluding carboxylic acids is 2. The zero-order valence-electron chi connectivity index (χ0n) is 20.6. The van der Waals surface area contributed by atoms with Gasteiger partial charge in [-0.2, -0.15) is 0 Å². The third kappa shape index (κ3) is 5.66. The van der Waals surface area contributed by atoms with Crippen LogP contribution in [0.15, 0.2) is 66.9 Å². The second-order valence-electron chi connectivity index (χ2n) is 8.59. The third-order valence-electron chi connectivity index (χ3n) is 6.06. The van der Waals surface area contributed by atoms with E-state index in [0.717, 1.165) is 34.5 Å². The highest BCUT2D eigenvalue weighted by Crippen LogP contribution is 2.21. The van der Waals surface area contributed by atoms with Gasteiger partial charge in [0.25, 0.3) is 5.91 Å². The molecule has 0 saturated carbocycles. The van der Waals surface area contributed by atoms with Gasteiger partial charge in [-0.1, -0.05) is 25.1 Å². The largest absolute Gasteiger partial charge is 0.378 e. The lowest BCUT2D eigenvalue weighted by Crippen LogP contribution is -2.33. The maximum absolute atomic E-state index is 13.5. The van der Waals surface area contributed by atoms with Crippen molar-refractivity contribution in [3.8, 4) is 0 Å². The summed E-state index contributed by atoms with van der Waals surface area (Å²) in [6.45, 7) is 2.76. The Morgan fingerprint density at radius 3 is 2.58 bits per heavy atom. The van der Waals surface area contributed by atoms with Gasteiger partial charge in [0.1, 0.15) is 17.4 Å². The number of benzene rings is 2. The number of rotatable bonds is 11. The average Bonchev–Trinajstić information content (AvgIpc) is 3.23. The minimum atomic E-state index is -0.212. The number of carbonyl (C=O) groups is 2. The van der Waals surface area contributed by atoms with Crippen LogP contribution in [0.2, 0.25) is 0 Å². The first-order valence-electron chi connectivity index (χ1n) is 12.0. The minimum Gasteiger partial charge on any atom is -0.378 e. The fourth-order valence-corrected chi connectivity index (χ4v) is 4.05. The SMILES string of the molecule is CCCC(=O)CCN(C(=O)c1ccc2c(c1)nc(CNc1ccc(C=N)cc1)n2C)c1ccccn1. The van der Waals surface area contributed by atoms with E-state index in [1.54, 1.807) is 35.4 Å². The number of fused-ring (bicyclic) bond motifs is 1. The quantitative estimate of drug-likeness (QED) is 0.293. The molecule has 2 N–H and O–H groups in total. The van der Waals surface area contributed by atoms with Gasteiger partial charge in [-0.15, -0.1) is 0 Å². The van der Waals surface area contributed by atoms with E-state index in [9.17, 15) is 9.59 Å². The van der Waals surface area contributed by atoms with E-state index < -0.39 is 0 Å². The predicted molar refractivity (Wildman–Crippen MR) is 143 cm³/mol. The third-order valence-corrected chi connectivity index (χ3v) is 6.06. The Hall–Kier alpha value is -4.33. The van der Waals surface area contributed by atoms with Gasteiger partial charge in [0.15, 0.2) is 0 Å². The van der Waals surface area contributed by atoms with Gasteiger partial charge in [0, 0.05) is 50.1 Å². The maximum atomic E-state index is 13.5. The summed E-state index contributed by atoms with van der Waals surface area (Å²) in [6.07, 6.45) is 4.54. The van der Waals surface area contributed by atoms with Crippen molar-refractivity contribution in [3.05, 3.63) is 83.8 Å². The topological polar surface area (TPSA) is 104 Å². The molecular formula is C28H30N6O2. The first kappa shape index (κ1) is 24.8. The fourth-order valence-electron chi connectivity index (χ4n) is 4.05. The lowest BCUT2D eigenvalue weighted by Gasteiger charge is -2.21. The van der Waals surface area contributed by atoms with Crippen molar-refractivity contribution in [1.29, 1.82) is 5.41 Å². The molecule has 8 heteroatoms. The first-order valence-corrected chi connectivity index (χ1v) is 12.0. The highest BCUT2D eigenvalue weighted by Gasteiger charge is 2.21. The van der Waals surface area contributed by atoms with Gasteiger partial charge in [-0.25, -0.2) is 9.97 Å². The molecule has 0 fully saturated rings. The molecule has 0 atom stereocenters. The van der Waals surface area contributed by atoms with Gasteiger partial charge in [-0.05, 0) is 54.4 Å². The second kappa shape index (κ2) is 11.4. The van der Waals surface area contributed by atoms with Gasteiger partial charge >= 0.3 is 0 Å². The van der Waals surface area contributed by atoms with Crippen LogP contribution >= 0.6 is 0 Å². The van der Waals surface area contributed by atoms with Crippen LogP contribution < -0.4 is 10.2 Å². The summed E-state index contributed by atoms with van der Waals surface area (Å²) >= 11 is 0. The van der Waals surface area contributed by atoms with Crippen molar-refractivity contribution in [2.24, 2.45) is 7.05 Å². The molecule has 0 aliphatic rings. The molecule has 36 heavy (non-hydrogen) atoms. The highest BCUT2D eigenvalue weighted by atomic mass is 16.2. The number of nitrogens with zero attached hydrogens (tertiary/aromatic N) is 4. The molecule has 8 nitrogen and oxygen atoms in total. The van der Waals surface area contributed by atoms with Gasteiger partial charge < -0.3 is 15.3 Å². The van der Waals surface area contributed by atoms with Crippen molar-refractivity contribution in [2.75, 3.05) is 16.8 Å². The Kier molecular flexibility index (Phi) is 7.85. The number of hydrogen-bond donors (Lipinski definition) is 2. The molecule has 0 unspecified atom stereocenters. The number of hydrogen-bond acceptors (Lipinski definition) is 6. The standard InChI is InChI=1S/C28H30N6O2/c1-3-6-23(35)14-16-34(26-7-4-5-15-30-26)28(36)21-10-13-25-24(17-21)32-27(33(25)2)19-31-22-11-8-20(18-29)9-12-22/h4-5,7-13,15,17-18,29,31H,3,6,14,16,19H2,1-2H3. The molecule has 4 rings (SSSR count). The van der Waals surface area contributed by atoms with E-state index >= 15 is 0 Å². The van der Waals surface area contributed by atoms with E-state index in [4.69, 9.17) is 10.4 Å². The van der Waals surface area contributed by atoms with Gasteiger partial charge in [0.2, 0.25) is 0 Å². The summed E-state index contributed by atoms with van der Waals surface area (Å²) in [7, 11) is 1.95. The summed E-state index contributed by atoms with van der Waals surface area (Å²) in [6, 6.07) is 18.5. The summed E-state index contributed by atoms with van der Waals surface area (Å²) in [5.41, 5.74) is 3.92. The molecule has 0 spiro atoms. The smallest absolute Gasteiger partial charge is 0.259 e. The summed E-state index contributed by atoms with van der Waals surface area (Å²) in [4.78, 5) is 36.4. The molecule has 2 aromatic carbocycles. The monoisotopic (exact) mass is 482 g/mol.